The molecule has 1 aliphatic carbocycles. The Bertz CT molecular complexity index is 254. The zero-order chi connectivity index (χ0) is 9.97. The van der Waals surface area contributed by atoms with Crippen molar-refractivity contribution in [3.05, 3.63) is 11.6 Å². The molecule has 2 rings (SSSR count). The predicted molar refractivity (Wildman–Crippen MR) is 56.2 cm³/mol. The van der Waals surface area contributed by atoms with Gasteiger partial charge in [0.05, 0.1) is 0 Å². The second kappa shape index (κ2) is 4.24. The summed E-state index contributed by atoms with van der Waals surface area (Å²) in [7, 11) is 0. The third kappa shape index (κ3) is 2.04. The van der Waals surface area contributed by atoms with Crippen LogP contribution in [-0.2, 0) is 4.79 Å². The standard InChI is InChI=1S/C11H18N2O/c1-9(14)10-2-3-11(8-10)13-6-4-12-5-7-13/h8,11-12H,2-7H2,1H3/t11-/m1/s1. The van der Waals surface area contributed by atoms with Gasteiger partial charge in [0, 0.05) is 32.2 Å². The van der Waals surface area contributed by atoms with Gasteiger partial charge in [-0.05, 0) is 25.3 Å². The molecule has 1 aliphatic heterocycles. The van der Waals surface area contributed by atoms with Crippen LogP contribution < -0.4 is 5.32 Å². The molecule has 0 unspecified atom stereocenters. The molecule has 1 heterocycles. The molecule has 0 aromatic rings. The molecular formula is C11H18N2O. The van der Waals surface area contributed by atoms with Gasteiger partial charge in [-0.25, -0.2) is 0 Å². The number of piperazine rings is 1. The summed E-state index contributed by atoms with van der Waals surface area (Å²) in [6, 6.07) is 0.524. The number of Topliss-reactive ketones (excluding diaryl/α,β-unsaturated/α-hetero) is 1. The van der Waals surface area contributed by atoms with Crippen molar-refractivity contribution in [3.63, 3.8) is 0 Å². The van der Waals surface area contributed by atoms with Crippen molar-refractivity contribution in [1.29, 1.82) is 0 Å². The van der Waals surface area contributed by atoms with E-state index in [1.165, 1.54) is 0 Å². The first kappa shape index (κ1) is 9.87. The Morgan fingerprint density at radius 1 is 1.50 bits per heavy atom. The van der Waals surface area contributed by atoms with Crippen LogP contribution in [0.15, 0.2) is 11.6 Å². The number of nitrogens with zero attached hydrogens (tertiary/aromatic N) is 1. The highest BCUT2D eigenvalue weighted by molar-refractivity contribution is 5.93. The smallest absolute Gasteiger partial charge is 0.155 e. The van der Waals surface area contributed by atoms with Crippen molar-refractivity contribution in [2.45, 2.75) is 25.8 Å². The largest absolute Gasteiger partial charge is 0.314 e. The van der Waals surface area contributed by atoms with Gasteiger partial charge in [0.15, 0.2) is 5.78 Å². The van der Waals surface area contributed by atoms with Gasteiger partial charge in [0.2, 0.25) is 0 Å². The average Bonchev–Trinajstić information content (AvgIpc) is 2.68. The third-order valence-electron chi connectivity index (χ3n) is 3.18. The second-order valence-corrected chi connectivity index (χ2v) is 4.14. The molecule has 3 nitrogen and oxygen atoms in total. The van der Waals surface area contributed by atoms with E-state index in [0.717, 1.165) is 44.6 Å². The van der Waals surface area contributed by atoms with Crippen molar-refractivity contribution in [2.24, 2.45) is 0 Å². The van der Waals surface area contributed by atoms with Gasteiger partial charge in [-0.2, -0.15) is 0 Å². The Kier molecular flexibility index (Phi) is 2.99. The molecule has 0 aromatic heterocycles. The molecule has 78 valence electrons. The van der Waals surface area contributed by atoms with Crippen LogP contribution in [0.25, 0.3) is 0 Å². The predicted octanol–water partition coefficient (Wildman–Crippen LogP) is 0.569. The minimum absolute atomic E-state index is 0.252. The van der Waals surface area contributed by atoms with E-state index in [9.17, 15) is 4.79 Å². The maximum atomic E-state index is 11.2. The molecule has 1 saturated heterocycles. The quantitative estimate of drug-likeness (QED) is 0.697. The van der Waals surface area contributed by atoms with Gasteiger partial charge in [0.1, 0.15) is 0 Å². The van der Waals surface area contributed by atoms with Crippen LogP contribution in [0.3, 0.4) is 0 Å². The molecule has 14 heavy (non-hydrogen) atoms. The van der Waals surface area contributed by atoms with E-state index in [-0.39, 0.29) is 5.78 Å². The summed E-state index contributed by atoms with van der Waals surface area (Å²) in [6.07, 6.45) is 4.28. The first-order valence-electron chi connectivity index (χ1n) is 5.44. The van der Waals surface area contributed by atoms with Crippen LogP contribution in [0.1, 0.15) is 19.8 Å². The zero-order valence-corrected chi connectivity index (χ0v) is 8.75. The first-order valence-corrected chi connectivity index (χ1v) is 5.44. The lowest BCUT2D eigenvalue weighted by Crippen LogP contribution is -2.47. The Balaban J connectivity index is 1.96. The number of allylic oxidation sites excluding steroid dienone is 1. The maximum Gasteiger partial charge on any atom is 0.155 e. The fourth-order valence-electron chi connectivity index (χ4n) is 2.30. The van der Waals surface area contributed by atoms with E-state index < -0.39 is 0 Å². The Labute approximate surface area is 85.2 Å². The van der Waals surface area contributed by atoms with E-state index in [1.54, 1.807) is 6.92 Å². The molecule has 3 heteroatoms. The molecule has 0 spiro atoms. The molecule has 0 saturated carbocycles. The maximum absolute atomic E-state index is 11.2. The fraction of sp³-hybridized carbons (Fsp3) is 0.727. The number of hydrogen-bond acceptors (Lipinski definition) is 3. The molecule has 1 atom stereocenters. The highest BCUT2D eigenvalue weighted by Crippen LogP contribution is 2.23. The average molecular weight is 194 g/mol. The third-order valence-corrected chi connectivity index (χ3v) is 3.18. The van der Waals surface area contributed by atoms with Gasteiger partial charge in [-0.3, -0.25) is 9.69 Å². The van der Waals surface area contributed by atoms with Crippen LogP contribution in [0.5, 0.6) is 0 Å². The first-order chi connectivity index (χ1) is 6.77. The number of hydrogen-bond donors (Lipinski definition) is 1. The number of nitrogens with one attached hydrogen (secondary N) is 1. The summed E-state index contributed by atoms with van der Waals surface area (Å²) in [4.78, 5) is 13.7. The number of carbonyl (C=O) groups is 1. The zero-order valence-electron chi connectivity index (χ0n) is 8.75. The van der Waals surface area contributed by atoms with Crippen molar-refractivity contribution >= 4 is 5.78 Å². The van der Waals surface area contributed by atoms with Crippen LogP contribution in [0.4, 0.5) is 0 Å². The second-order valence-electron chi connectivity index (χ2n) is 4.14. The summed E-state index contributed by atoms with van der Waals surface area (Å²) in [5.41, 5.74) is 1.04. The van der Waals surface area contributed by atoms with Crippen LogP contribution in [0, 0.1) is 0 Å². The minimum atomic E-state index is 0.252. The van der Waals surface area contributed by atoms with Gasteiger partial charge in [-0.15, -0.1) is 0 Å². The lowest BCUT2D eigenvalue weighted by molar-refractivity contribution is -0.113. The van der Waals surface area contributed by atoms with Crippen LogP contribution >= 0.6 is 0 Å². The van der Waals surface area contributed by atoms with E-state index in [4.69, 9.17) is 0 Å². The molecule has 0 aromatic carbocycles. The van der Waals surface area contributed by atoms with Gasteiger partial charge >= 0.3 is 0 Å². The molecule has 1 N–H and O–H groups in total. The Morgan fingerprint density at radius 3 is 2.79 bits per heavy atom. The summed E-state index contributed by atoms with van der Waals surface area (Å²) >= 11 is 0. The fourth-order valence-corrected chi connectivity index (χ4v) is 2.30. The molecular weight excluding hydrogens is 176 g/mol. The number of rotatable bonds is 2. The molecule has 2 aliphatic rings. The van der Waals surface area contributed by atoms with E-state index >= 15 is 0 Å². The normalized spacial score (nSPS) is 28.9. The number of carbonyl (C=O) groups excluding carboxylic acids is 1. The molecule has 1 fully saturated rings. The topological polar surface area (TPSA) is 32.3 Å². The SMILES string of the molecule is CC(=O)C1=C[C@H](N2CCNCC2)CC1. The van der Waals surface area contributed by atoms with Gasteiger partial charge in [-0.1, -0.05) is 6.08 Å². The summed E-state index contributed by atoms with van der Waals surface area (Å²) in [5, 5.41) is 3.34. The van der Waals surface area contributed by atoms with Crippen molar-refractivity contribution in [1.82, 2.24) is 10.2 Å². The molecule has 0 bridgehead atoms. The summed E-state index contributed by atoms with van der Waals surface area (Å²) < 4.78 is 0. The van der Waals surface area contributed by atoms with Crippen molar-refractivity contribution < 1.29 is 4.79 Å². The van der Waals surface area contributed by atoms with Crippen molar-refractivity contribution in [3.8, 4) is 0 Å². The Morgan fingerprint density at radius 2 is 2.21 bits per heavy atom. The van der Waals surface area contributed by atoms with Crippen molar-refractivity contribution in [2.75, 3.05) is 26.2 Å². The van der Waals surface area contributed by atoms with E-state index in [1.807, 2.05) is 0 Å². The van der Waals surface area contributed by atoms with Crippen LogP contribution in [0.2, 0.25) is 0 Å². The Hall–Kier alpha value is -0.670. The molecule has 0 radical (unpaired) electrons. The highest BCUT2D eigenvalue weighted by atomic mass is 16.1. The summed E-state index contributed by atoms with van der Waals surface area (Å²) in [6.45, 7) is 6.07. The monoisotopic (exact) mass is 194 g/mol. The van der Waals surface area contributed by atoms with E-state index in [2.05, 4.69) is 16.3 Å². The lowest BCUT2D eigenvalue weighted by Gasteiger charge is -2.31. The van der Waals surface area contributed by atoms with Gasteiger partial charge in [0.25, 0.3) is 0 Å². The molecule has 0 amide bonds. The summed E-state index contributed by atoms with van der Waals surface area (Å²) in [5.74, 6) is 0.252. The minimum Gasteiger partial charge on any atom is -0.314 e. The lowest BCUT2D eigenvalue weighted by atomic mass is 10.2. The highest BCUT2D eigenvalue weighted by Gasteiger charge is 2.24. The van der Waals surface area contributed by atoms with Crippen LogP contribution in [-0.4, -0.2) is 42.9 Å². The van der Waals surface area contributed by atoms with E-state index in [0.29, 0.717) is 6.04 Å². The number of ketones is 1. The van der Waals surface area contributed by atoms with Gasteiger partial charge < -0.3 is 5.32 Å².